The van der Waals surface area contributed by atoms with Gasteiger partial charge in [-0.1, -0.05) is 18.2 Å². The van der Waals surface area contributed by atoms with E-state index >= 15 is 0 Å². The number of benzene rings is 2. The number of carbonyl (C=O) groups excluding carboxylic acids is 1. The van der Waals surface area contributed by atoms with E-state index in [0.29, 0.717) is 26.0 Å². The van der Waals surface area contributed by atoms with Gasteiger partial charge in [0, 0.05) is 28.0 Å². The van der Waals surface area contributed by atoms with Crippen molar-refractivity contribution in [1.29, 1.82) is 0 Å². The van der Waals surface area contributed by atoms with Gasteiger partial charge in [-0.2, -0.15) is 0 Å². The van der Waals surface area contributed by atoms with Crippen LogP contribution in [-0.4, -0.2) is 22.9 Å². The number of fused-ring (bicyclic) bond motifs is 3. The summed E-state index contributed by atoms with van der Waals surface area (Å²) in [5.74, 6) is 0.495. The maximum absolute atomic E-state index is 13.1. The Morgan fingerprint density at radius 2 is 1.80 bits per heavy atom. The average Bonchev–Trinajstić information content (AvgIpc) is 2.99. The fraction of sp³-hybridized carbons (Fsp3) is 0.0526. The van der Waals surface area contributed by atoms with Crippen LogP contribution in [0.4, 0.5) is 0 Å². The molecule has 6 heteroatoms. The lowest BCUT2D eigenvalue weighted by molar-refractivity contribution is 0.103. The van der Waals surface area contributed by atoms with Crippen molar-refractivity contribution in [2.24, 2.45) is 0 Å². The van der Waals surface area contributed by atoms with Gasteiger partial charge < -0.3 is 9.72 Å². The third-order valence-electron chi connectivity index (χ3n) is 4.11. The lowest BCUT2D eigenvalue weighted by atomic mass is 10.1. The highest BCUT2D eigenvalue weighted by atomic mass is 79.9. The summed E-state index contributed by atoms with van der Waals surface area (Å²) in [5.41, 5.74) is 2.66. The highest BCUT2D eigenvalue weighted by molar-refractivity contribution is 9.11. The van der Waals surface area contributed by atoms with E-state index in [-0.39, 0.29) is 5.78 Å². The molecule has 0 atom stereocenters. The number of aromatic nitrogens is 2. The van der Waals surface area contributed by atoms with Crippen LogP contribution in [0.25, 0.3) is 21.8 Å². The van der Waals surface area contributed by atoms with Crippen LogP contribution in [0.5, 0.6) is 5.75 Å². The number of hydrogen-bond donors (Lipinski definition) is 1. The molecule has 0 bridgehead atoms. The minimum absolute atomic E-state index is 0.152. The Morgan fingerprint density at radius 1 is 1.08 bits per heavy atom. The lowest BCUT2D eigenvalue weighted by Gasteiger charge is -2.09. The summed E-state index contributed by atoms with van der Waals surface area (Å²) < 4.78 is 6.71. The smallest absolute Gasteiger partial charge is 0.213 e. The Balaban J connectivity index is 1.91. The molecular formula is C19H12Br2N2O2. The maximum Gasteiger partial charge on any atom is 0.213 e. The predicted octanol–water partition coefficient (Wildman–Crippen LogP) is 5.48. The number of methoxy groups -OCH3 is 1. The second-order valence-electron chi connectivity index (χ2n) is 5.55. The topological polar surface area (TPSA) is 55.0 Å². The first kappa shape index (κ1) is 16.3. The molecule has 0 aliphatic carbocycles. The quantitative estimate of drug-likeness (QED) is 0.412. The molecule has 124 valence electrons. The van der Waals surface area contributed by atoms with E-state index in [9.17, 15) is 4.79 Å². The Morgan fingerprint density at radius 3 is 2.52 bits per heavy atom. The van der Waals surface area contributed by atoms with Crippen LogP contribution in [0, 0.1) is 0 Å². The fourth-order valence-electron chi connectivity index (χ4n) is 2.97. The van der Waals surface area contributed by atoms with Crippen LogP contribution in [0.15, 0.2) is 57.6 Å². The predicted molar refractivity (Wildman–Crippen MR) is 105 cm³/mol. The number of ether oxygens (including phenoxy) is 1. The van der Waals surface area contributed by atoms with Gasteiger partial charge in [0.05, 0.1) is 21.6 Å². The number of carbonyl (C=O) groups is 1. The fourth-order valence-corrected chi connectivity index (χ4v) is 4.48. The van der Waals surface area contributed by atoms with Crippen molar-refractivity contribution < 1.29 is 9.53 Å². The molecule has 0 amide bonds. The summed E-state index contributed by atoms with van der Waals surface area (Å²) in [6.45, 7) is 0. The number of rotatable bonds is 3. The molecule has 25 heavy (non-hydrogen) atoms. The highest BCUT2D eigenvalue weighted by Gasteiger charge is 2.19. The molecule has 0 aliphatic heterocycles. The molecule has 4 nitrogen and oxygen atoms in total. The number of para-hydroxylation sites is 1. The number of pyridine rings is 1. The van der Waals surface area contributed by atoms with Crippen molar-refractivity contribution in [3.8, 4) is 5.75 Å². The maximum atomic E-state index is 13.1. The zero-order chi connectivity index (χ0) is 17.6. The van der Waals surface area contributed by atoms with Crippen LogP contribution >= 0.6 is 31.9 Å². The van der Waals surface area contributed by atoms with Crippen molar-refractivity contribution >= 4 is 59.4 Å². The monoisotopic (exact) mass is 458 g/mol. The Bertz CT molecular complexity index is 1110. The van der Waals surface area contributed by atoms with E-state index in [0.717, 1.165) is 21.8 Å². The minimum atomic E-state index is -0.152. The first-order valence-corrected chi connectivity index (χ1v) is 9.12. The van der Waals surface area contributed by atoms with Gasteiger partial charge in [0.1, 0.15) is 11.4 Å². The van der Waals surface area contributed by atoms with E-state index in [2.05, 4.69) is 41.8 Å². The number of H-pyrrole nitrogens is 1. The number of nitrogens with zero attached hydrogens (tertiary/aromatic N) is 1. The third-order valence-corrected chi connectivity index (χ3v) is 5.29. The third kappa shape index (κ3) is 2.65. The van der Waals surface area contributed by atoms with Crippen molar-refractivity contribution in [2.75, 3.05) is 7.11 Å². The van der Waals surface area contributed by atoms with Gasteiger partial charge >= 0.3 is 0 Å². The summed E-state index contributed by atoms with van der Waals surface area (Å²) >= 11 is 6.88. The van der Waals surface area contributed by atoms with Gasteiger partial charge in [0.25, 0.3) is 0 Å². The molecule has 0 radical (unpaired) electrons. The zero-order valence-corrected chi connectivity index (χ0v) is 16.3. The molecule has 0 spiro atoms. The largest absolute Gasteiger partial charge is 0.494 e. The molecule has 0 unspecified atom stereocenters. The Labute approximate surface area is 160 Å². The summed E-state index contributed by atoms with van der Waals surface area (Å²) in [6, 6.07) is 13.4. The van der Waals surface area contributed by atoms with Gasteiger partial charge in [0.2, 0.25) is 5.78 Å². The Kier molecular flexibility index (Phi) is 4.09. The number of aromatic amines is 1. The van der Waals surface area contributed by atoms with Crippen LogP contribution in [-0.2, 0) is 0 Å². The van der Waals surface area contributed by atoms with Crippen molar-refractivity contribution in [1.82, 2.24) is 9.97 Å². The van der Waals surface area contributed by atoms with E-state index in [1.165, 1.54) is 0 Å². The average molecular weight is 460 g/mol. The standard InChI is InChI=1S/C19H12Br2N2O2/c1-25-19-13(20)8-10(9-14(19)21)18(24)17-16-12(6-7-22-17)11-4-2-3-5-15(11)23-16/h2-9,23H,1H3. The summed E-state index contributed by atoms with van der Waals surface area (Å²) in [7, 11) is 1.58. The number of halogens is 2. The molecular weight excluding hydrogens is 448 g/mol. The van der Waals surface area contributed by atoms with Crippen LogP contribution in [0.3, 0.4) is 0 Å². The highest BCUT2D eigenvalue weighted by Crippen LogP contribution is 2.35. The van der Waals surface area contributed by atoms with Crippen molar-refractivity contribution in [3.63, 3.8) is 0 Å². The van der Waals surface area contributed by atoms with Gasteiger partial charge in [0.15, 0.2) is 0 Å². The van der Waals surface area contributed by atoms with Gasteiger partial charge in [-0.05, 0) is 56.1 Å². The van der Waals surface area contributed by atoms with E-state index < -0.39 is 0 Å². The molecule has 2 aromatic carbocycles. The number of hydrogen-bond acceptors (Lipinski definition) is 3. The molecule has 2 aromatic heterocycles. The van der Waals surface area contributed by atoms with E-state index in [1.807, 2.05) is 30.3 Å². The molecule has 0 saturated carbocycles. The van der Waals surface area contributed by atoms with Crippen LogP contribution in [0.1, 0.15) is 16.1 Å². The molecule has 0 saturated heterocycles. The molecule has 0 aliphatic rings. The normalized spacial score (nSPS) is 11.2. The van der Waals surface area contributed by atoms with E-state index in [4.69, 9.17) is 4.74 Å². The summed E-state index contributed by atoms with van der Waals surface area (Å²) in [4.78, 5) is 20.7. The molecule has 2 heterocycles. The van der Waals surface area contributed by atoms with E-state index in [1.54, 1.807) is 25.4 Å². The summed E-state index contributed by atoms with van der Waals surface area (Å²) in [5, 5.41) is 2.06. The number of ketones is 1. The van der Waals surface area contributed by atoms with Crippen molar-refractivity contribution in [2.45, 2.75) is 0 Å². The Hall–Kier alpha value is -2.18. The molecule has 0 fully saturated rings. The second-order valence-corrected chi connectivity index (χ2v) is 7.26. The van der Waals surface area contributed by atoms with Gasteiger partial charge in [-0.3, -0.25) is 9.78 Å². The molecule has 4 aromatic rings. The molecule has 1 N–H and O–H groups in total. The van der Waals surface area contributed by atoms with Gasteiger partial charge in [-0.25, -0.2) is 0 Å². The molecule has 4 rings (SSSR count). The second kappa shape index (κ2) is 6.28. The van der Waals surface area contributed by atoms with Crippen molar-refractivity contribution in [3.05, 3.63) is 68.9 Å². The first-order chi connectivity index (χ1) is 12.1. The SMILES string of the molecule is COc1c(Br)cc(C(=O)c2nccc3c2[nH]c2ccccc23)cc1Br. The zero-order valence-electron chi connectivity index (χ0n) is 13.1. The minimum Gasteiger partial charge on any atom is -0.494 e. The van der Waals surface area contributed by atoms with Gasteiger partial charge in [-0.15, -0.1) is 0 Å². The number of nitrogens with one attached hydrogen (secondary N) is 1. The summed E-state index contributed by atoms with van der Waals surface area (Å²) in [6.07, 6.45) is 1.67. The lowest BCUT2D eigenvalue weighted by Crippen LogP contribution is -2.05. The first-order valence-electron chi connectivity index (χ1n) is 7.53. The van der Waals surface area contributed by atoms with Crippen LogP contribution in [0.2, 0.25) is 0 Å². The van der Waals surface area contributed by atoms with Crippen LogP contribution < -0.4 is 4.74 Å².